The van der Waals surface area contributed by atoms with Crippen molar-refractivity contribution in [1.82, 2.24) is 9.97 Å². The van der Waals surface area contributed by atoms with Crippen molar-refractivity contribution in [3.63, 3.8) is 0 Å². The van der Waals surface area contributed by atoms with Crippen molar-refractivity contribution < 1.29 is 4.79 Å². The van der Waals surface area contributed by atoms with E-state index in [0.717, 1.165) is 24.5 Å². The van der Waals surface area contributed by atoms with Crippen molar-refractivity contribution in [2.75, 3.05) is 23.3 Å². The SMILES string of the molecule is CCN(CC)c1ccc(NC(=O)c2cccc3nccnc23)cc1. The lowest BCUT2D eigenvalue weighted by Crippen LogP contribution is -2.21. The molecule has 0 fully saturated rings. The van der Waals surface area contributed by atoms with Gasteiger partial charge >= 0.3 is 0 Å². The number of nitrogens with one attached hydrogen (secondary N) is 1. The molecule has 0 saturated carbocycles. The van der Waals surface area contributed by atoms with E-state index in [1.54, 1.807) is 18.5 Å². The van der Waals surface area contributed by atoms with Crippen LogP contribution < -0.4 is 10.2 Å². The van der Waals surface area contributed by atoms with Crippen molar-refractivity contribution in [3.8, 4) is 0 Å². The van der Waals surface area contributed by atoms with Crippen LogP contribution in [-0.4, -0.2) is 29.0 Å². The Labute approximate surface area is 141 Å². The molecule has 0 spiro atoms. The van der Waals surface area contributed by atoms with Gasteiger partial charge in [0, 0.05) is 36.9 Å². The Balaban J connectivity index is 1.81. The molecule has 3 aromatic rings. The molecule has 0 atom stereocenters. The average Bonchev–Trinajstić information content (AvgIpc) is 2.63. The van der Waals surface area contributed by atoms with Crippen LogP contribution >= 0.6 is 0 Å². The van der Waals surface area contributed by atoms with Crippen molar-refractivity contribution in [1.29, 1.82) is 0 Å². The van der Waals surface area contributed by atoms with Gasteiger partial charge in [-0.25, -0.2) is 0 Å². The van der Waals surface area contributed by atoms with Gasteiger partial charge in [-0.15, -0.1) is 0 Å². The normalized spacial score (nSPS) is 10.6. The number of fused-ring (bicyclic) bond motifs is 1. The molecule has 0 aliphatic heterocycles. The third-order valence-electron chi connectivity index (χ3n) is 4.00. The van der Waals surface area contributed by atoms with E-state index >= 15 is 0 Å². The number of carbonyl (C=O) groups is 1. The first-order valence-electron chi connectivity index (χ1n) is 8.09. The summed E-state index contributed by atoms with van der Waals surface area (Å²) in [6.07, 6.45) is 3.22. The summed E-state index contributed by atoms with van der Waals surface area (Å²) in [5.74, 6) is -0.184. The quantitative estimate of drug-likeness (QED) is 0.778. The summed E-state index contributed by atoms with van der Waals surface area (Å²) < 4.78 is 0. The standard InChI is InChI=1S/C19H20N4O/c1-3-23(4-2)15-10-8-14(9-11-15)22-19(24)16-6-5-7-17-18(16)21-13-12-20-17/h5-13H,3-4H2,1-2H3,(H,22,24). The molecule has 0 radical (unpaired) electrons. The molecule has 1 aromatic heterocycles. The molecule has 24 heavy (non-hydrogen) atoms. The second-order valence-electron chi connectivity index (χ2n) is 5.40. The maximum Gasteiger partial charge on any atom is 0.257 e. The summed E-state index contributed by atoms with van der Waals surface area (Å²) in [6.45, 7) is 6.16. The van der Waals surface area contributed by atoms with Crippen LogP contribution in [0.5, 0.6) is 0 Å². The minimum absolute atomic E-state index is 0.184. The van der Waals surface area contributed by atoms with Gasteiger partial charge in [-0.05, 0) is 50.2 Å². The second-order valence-corrected chi connectivity index (χ2v) is 5.40. The van der Waals surface area contributed by atoms with Gasteiger partial charge in [0.25, 0.3) is 5.91 Å². The van der Waals surface area contributed by atoms with Gasteiger partial charge < -0.3 is 10.2 Å². The zero-order valence-electron chi connectivity index (χ0n) is 13.9. The fourth-order valence-corrected chi connectivity index (χ4v) is 2.72. The van der Waals surface area contributed by atoms with Crippen LogP contribution in [0, 0.1) is 0 Å². The van der Waals surface area contributed by atoms with E-state index in [2.05, 4.69) is 34.0 Å². The number of aromatic nitrogens is 2. The van der Waals surface area contributed by atoms with E-state index in [0.29, 0.717) is 16.6 Å². The Morgan fingerprint density at radius 1 is 1.00 bits per heavy atom. The van der Waals surface area contributed by atoms with Gasteiger partial charge in [0.05, 0.1) is 11.1 Å². The van der Waals surface area contributed by atoms with Crippen LogP contribution in [0.15, 0.2) is 54.9 Å². The molecule has 5 nitrogen and oxygen atoms in total. The van der Waals surface area contributed by atoms with Gasteiger partial charge in [0.1, 0.15) is 5.52 Å². The van der Waals surface area contributed by atoms with Crippen LogP contribution in [0.1, 0.15) is 24.2 Å². The highest BCUT2D eigenvalue weighted by Crippen LogP contribution is 2.20. The highest BCUT2D eigenvalue weighted by Gasteiger charge is 2.12. The van der Waals surface area contributed by atoms with E-state index in [1.165, 1.54) is 0 Å². The lowest BCUT2D eigenvalue weighted by molar-refractivity contribution is 0.102. The molecule has 2 aromatic carbocycles. The predicted molar refractivity (Wildman–Crippen MR) is 97.5 cm³/mol. The molecule has 0 aliphatic rings. The molecule has 0 unspecified atom stereocenters. The lowest BCUT2D eigenvalue weighted by atomic mass is 10.1. The Kier molecular flexibility index (Phi) is 4.70. The van der Waals surface area contributed by atoms with Crippen LogP contribution in [-0.2, 0) is 0 Å². The number of para-hydroxylation sites is 1. The molecule has 122 valence electrons. The lowest BCUT2D eigenvalue weighted by Gasteiger charge is -2.21. The van der Waals surface area contributed by atoms with Crippen LogP contribution in [0.2, 0.25) is 0 Å². The average molecular weight is 320 g/mol. The van der Waals surface area contributed by atoms with Crippen molar-refractivity contribution >= 4 is 28.3 Å². The molecular formula is C19H20N4O. The summed E-state index contributed by atoms with van der Waals surface area (Å²) >= 11 is 0. The minimum Gasteiger partial charge on any atom is -0.372 e. The fraction of sp³-hybridized carbons (Fsp3) is 0.211. The molecule has 5 heteroatoms. The molecule has 1 heterocycles. The summed E-state index contributed by atoms with van der Waals surface area (Å²) in [6, 6.07) is 13.3. The highest BCUT2D eigenvalue weighted by molar-refractivity contribution is 6.11. The van der Waals surface area contributed by atoms with Gasteiger partial charge in [-0.1, -0.05) is 6.07 Å². The van der Waals surface area contributed by atoms with Crippen LogP contribution in [0.3, 0.4) is 0 Å². The van der Waals surface area contributed by atoms with Gasteiger partial charge in [0.2, 0.25) is 0 Å². The van der Waals surface area contributed by atoms with E-state index in [4.69, 9.17) is 0 Å². The summed E-state index contributed by atoms with van der Waals surface area (Å²) in [5, 5.41) is 2.93. The molecule has 3 rings (SSSR count). The predicted octanol–water partition coefficient (Wildman–Crippen LogP) is 3.73. The molecular weight excluding hydrogens is 300 g/mol. The Morgan fingerprint density at radius 2 is 1.71 bits per heavy atom. The number of carbonyl (C=O) groups excluding carboxylic acids is 1. The van der Waals surface area contributed by atoms with E-state index < -0.39 is 0 Å². The maximum absolute atomic E-state index is 12.6. The minimum atomic E-state index is -0.184. The fourth-order valence-electron chi connectivity index (χ4n) is 2.72. The van der Waals surface area contributed by atoms with Crippen LogP contribution in [0.25, 0.3) is 11.0 Å². The second kappa shape index (κ2) is 7.08. The molecule has 0 bridgehead atoms. The summed E-state index contributed by atoms with van der Waals surface area (Å²) in [4.78, 5) is 23.3. The van der Waals surface area contributed by atoms with Crippen molar-refractivity contribution in [2.24, 2.45) is 0 Å². The number of rotatable bonds is 5. The summed E-state index contributed by atoms with van der Waals surface area (Å²) in [5.41, 5.74) is 3.75. The van der Waals surface area contributed by atoms with Gasteiger partial charge in [0.15, 0.2) is 0 Å². The van der Waals surface area contributed by atoms with Crippen LogP contribution in [0.4, 0.5) is 11.4 Å². The number of benzene rings is 2. The molecule has 1 N–H and O–H groups in total. The smallest absolute Gasteiger partial charge is 0.257 e. The first-order chi connectivity index (χ1) is 11.7. The zero-order chi connectivity index (χ0) is 16.9. The number of nitrogens with zero attached hydrogens (tertiary/aromatic N) is 3. The number of amides is 1. The first-order valence-corrected chi connectivity index (χ1v) is 8.09. The van der Waals surface area contributed by atoms with Gasteiger partial charge in [-0.3, -0.25) is 14.8 Å². The Bertz CT molecular complexity index is 836. The Hall–Kier alpha value is -2.95. The highest BCUT2D eigenvalue weighted by atomic mass is 16.1. The van der Waals surface area contributed by atoms with E-state index in [9.17, 15) is 4.79 Å². The third kappa shape index (κ3) is 3.20. The summed E-state index contributed by atoms with van der Waals surface area (Å²) in [7, 11) is 0. The number of hydrogen-bond acceptors (Lipinski definition) is 4. The van der Waals surface area contributed by atoms with Crippen molar-refractivity contribution in [2.45, 2.75) is 13.8 Å². The Morgan fingerprint density at radius 3 is 2.42 bits per heavy atom. The largest absolute Gasteiger partial charge is 0.372 e. The van der Waals surface area contributed by atoms with E-state index in [-0.39, 0.29) is 5.91 Å². The van der Waals surface area contributed by atoms with E-state index in [1.807, 2.05) is 36.4 Å². The zero-order valence-corrected chi connectivity index (χ0v) is 13.9. The molecule has 1 amide bonds. The molecule has 0 saturated heterocycles. The van der Waals surface area contributed by atoms with Gasteiger partial charge in [-0.2, -0.15) is 0 Å². The van der Waals surface area contributed by atoms with Crippen molar-refractivity contribution in [3.05, 3.63) is 60.4 Å². The molecule has 0 aliphatic carbocycles. The topological polar surface area (TPSA) is 58.1 Å². The maximum atomic E-state index is 12.6. The third-order valence-corrected chi connectivity index (χ3v) is 4.00. The number of hydrogen-bond donors (Lipinski definition) is 1. The first kappa shape index (κ1) is 15.9. The number of anilines is 2. The monoisotopic (exact) mass is 320 g/mol.